The zero-order valence-corrected chi connectivity index (χ0v) is 7.20. The van der Waals surface area contributed by atoms with Crippen LogP contribution in [0.15, 0.2) is 35.3 Å². The number of nitrogens with zero attached hydrogens (tertiary/aromatic N) is 1. The number of rotatable bonds is 1. The van der Waals surface area contributed by atoms with E-state index in [-0.39, 0.29) is 11.2 Å². The number of halogens is 1. The third-order valence-electron chi connectivity index (χ3n) is 1.84. The molecule has 0 fully saturated rings. The van der Waals surface area contributed by atoms with Gasteiger partial charge in [-0.2, -0.15) is 0 Å². The highest BCUT2D eigenvalue weighted by Crippen LogP contribution is 2.14. The summed E-state index contributed by atoms with van der Waals surface area (Å²) >= 11 is 0. The molecule has 2 aromatic rings. The first-order chi connectivity index (χ1) is 6.66. The topological polar surface area (TPSA) is 63.8 Å². The lowest BCUT2D eigenvalue weighted by molar-refractivity contribution is 0.611. The van der Waals surface area contributed by atoms with Crippen molar-refractivity contribution in [2.24, 2.45) is 0 Å². The molecule has 3 N–H and O–H groups in total. The van der Waals surface area contributed by atoms with Crippen LogP contribution in [-0.2, 0) is 0 Å². The predicted molar refractivity (Wildman–Crippen MR) is 50.8 cm³/mol. The minimum atomic E-state index is -0.475. The molecule has 0 aliphatic carbocycles. The zero-order valence-electron chi connectivity index (χ0n) is 7.20. The van der Waals surface area contributed by atoms with E-state index in [1.807, 2.05) is 0 Å². The Kier molecular flexibility index (Phi) is 1.85. The molecule has 1 aromatic heterocycles. The molecular formula is C9H8FN3O. The minimum absolute atomic E-state index is 0.265. The first-order valence-electron chi connectivity index (χ1n) is 4.00. The Balaban J connectivity index is 2.57. The van der Waals surface area contributed by atoms with Gasteiger partial charge in [0.25, 0.3) is 5.56 Å². The van der Waals surface area contributed by atoms with Crippen molar-refractivity contribution in [3.8, 4) is 5.69 Å². The van der Waals surface area contributed by atoms with Gasteiger partial charge in [-0.3, -0.25) is 14.6 Å². The summed E-state index contributed by atoms with van der Waals surface area (Å²) in [6.07, 6.45) is 1.46. The van der Waals surface area contributed by atoms with Crippen LogP contribution >= 0.6 is 0 Å². The van der Waals surface area contributed by atoms with Gasteiger partial charge >= 0.3 is 0 Å². The maximum Gasteiger partial charge on any atom is 0.264 e. The van der Waals surface area contributed by atoms with Gasteiger partial charge in [0.05, 0.1) is 5.69 Å². The largest absolute Gasteiger partial charge is 0.399 e. The molecule has 1 aromatic carbocycles. The van der Waals surface area contributed by atoms with E-state index >= 15 is 0 Å². The quantitative estimate of drug-likeness (QED) is 0.660. The van der Waals surface area contributed by atoms with Gasteiger partial charge in [-0.25, -0.2) is 4.39 Å². The van der Waals surface area contributed by atoms with E-state index in [1.54, 1.807) is 6.07 Å². The average molecular weight is 193 g/mol. The first-order valence-corrected chi connectivity index (χ1v) is 4.00. The molecular weight excluding hydrogens is 185 g/mol. The van der Waals surface area contributed by atoms with Crippen LogP contribution < -0.4 is 11.3 Å². The first kappa shape index (κ1) is 8.55. The van der Waals surface area contributed by atoms with Gasteiger partial charge in [0.1, 0.15) is 0 Å². The molecule has 2 rings (SSSR count). The lowest BCUT2D eigenvalue weighted by Gasteiger charge is -2.03. The number of H-pyrrole nitrogens is 1. The Bertz CT molecular complexity index is 515. The third-order valence-corrected chi connectivity index (χ3v) is 1.84. The maximum absolute atomic E-state index is 13.3. The molecule has 1 heterocycles. The van der Waals surface area contributed by atoms with Gasteiger partial charge in [0.15, 0.2) is 5.82 Å². The summed E-state index contributed by atoms with van der Waals surface area (Å²) in [7, 11) is 0. The summed E-state index contributed by atoms with van der Waals surface area (Å²) in [4.78, 5) is 10.8. The van der Waals surface area contributed by atoms with Gasteiger partial charge in [0.2, 0.25) is 0 Å². The van der Waals surface area contributed by atoms with Crippen LogP contribution in [0.2, 0.25) is 0 Å². The van der Waals surface area contributed by atoms with Gasteiger partial charge in [0, 0.05) is 18.0 Å². The molecule has 0 atom stereocenters. The molecule has 0 radical (unpaired) electrons. The van der Waals surface area contributed by atoms with Crippen LogP contribution in [0.1, 0.15) is 0 Å². The van der Waals surface area contributed by atoms with Crippen molar-refractivity contribution in [3.63, 3.8) is 0 Å². The highest BCUT2D eigenvalue weighted by atomic mass is 19.1. The van der Waals surface area contributed by atoms with Crippen LogP contribution in [0.25, 0.3) is 5.69 Å². The van der Waals surface area contributed by atoms with Gasteiger partial charge < -0.3 is 5.73 Å². The Morgan fingerprint density at radius 1 is 1.36 bits per heavy atom. The van der Waals surface area contributed by atoms with E-state index < -0.39 is 5.82 Å². The SMILES string of the molecule is Nc1ccc(-n2ccc(=O)[nH]2)c(F)c1. The van der Waals surface area contributed by atoms with Crippen molar-refractivity contribution in [1.29, 1.82) is 0 Å². The second-order valence-corrected chi connectivity index (χ2v) is 2.87. The van der Waals surface area contributed by atoms with Crippen LogP contribution in [-0.4, -0.2) is 9.78 Å². The Morgan fingerprint density at radius 2 is 2.14 bits per heavy atom. The fourth-order valence-corrected chi connectivity index (χ4v) is 1.19. The Morgan fingerprint density at radius 3 is 2.71 bits per heavy atom. The molecule has 4 nitrogen and oxygen atoms in total. The van der Waals surface area contributed by atoms with Crippen molar-refractivity contribution >= 4 is 5.69 Å². The Labute approximate surface area is 78.8 Å². The molecule has 0 bridgehead atoms. The van der Waals surface area contributed by atoms with E-state index in [2.05, 4.69) is 5.10 Å². The molecule has 5 heteroatoms. The van der Waals surface area contributed by atoms with Crippen LogP contribution in [0.3, 0.4) is 0 Å². The molecule has 14 heavy (non-hydrogen) atoms. The summed E-state index contributed by atoms with van der Waals surface area (Å²) in [6, 6.07) is 5.58. The maximum atomic E-state index is 13.3. The minimum Gasteiger partial charge on any atom is -0.399 e. The van der Waals surface area contributed by atoms with Crippen LogP contribution in [0.5, 0.6) is 0 Å². The molecule has 0 saturated carbocycles. The number of benzene rings is 1. The third kappa shape index (κ3) is 1.39. The number of hydrogen-bond acceptors (Lipinski definition) is 2. The summed E-state index contributed by atoms with van der Waals surface area (Å²) in [5.74, 6) is -0.475. The molecule has 0 aliphatic rings. The van der Waals surface area contributed by atoms with Crippen LogP contribution in [0.4, 0.5) is 10.1 Å². The summed E-state index contributed by atoms with van der Waals surface area (Å²) in [5.41, 5.74) is 5.73. The van der Waals surface area contributed by atoms with Crippen molar-refractivity contribution in [1.82, 2.24) is 9.78 Å². The Hall–Kier alpha value is -2.04. The number of hydrogen-bond donors (Lipinski definition) is 2. The van der Waals surface area contributed by atoms with E-state index in [0.717, 1.165) is 0 Å². The number of aromatic amines is 1. The van der Waals surface area contributed by atoms with E-state index in [1.165, 1.54) is 29.1 Å². The van der Waals surface area contributed by atoms with E-state index in [9.17, 15) is 9.18 Å². The van der Waals surface area contributed by atoms with Crippen molar-refractivity contribution in [2.45, 2.75) is 0 Å². The molecule has 0 saturated heterocycles. The molecule has 72 valence electrons. The fourth-order valence-electron chi connectivity index (χ4n) is 1.19. The lowest BCUT2D eigenvalue weighted by Crippen LogP contribution is -2.05. The van der Waals surface area contributed by atoms with Crippen LogP contribution in [0, 0.1) is 5.82 Å². The summed E-state index contributed by atoms with van der Waals surface area (Å²) in [6.45, 7) is 0. The number of aromatic nitrogens is 2. The molecule has 0 aliphatic heterocycles. The lowest BCUT2D eigenvalue weighted by atomic mass is 10.3. The van der Waals surface area contributed by atoms with E-state index in [4.69, 9.17) is 5.73 Å². The zero-order chi connectivity index (χ0) is 10.1. The van der Waals surface area contributed by atoms with Crippen molar-refractivity contribution < 1.29 is 4.39 Å². The van der Waals surface area contributed by atoms with Gasteiger partial charge in [-0.05, 0) is 18.2 Å². The predicted octanol–water partition coefficient (Wildman–Crippen LogP) is 0.887. The smallest absolute Gasteiger partial charge is 0.264 e. The fraction of sp³-hybridized carbons (Fsp3) is 0. The van der Waals surface area contributed by atoms with Crippen molar-refractivity contribution in [3.05, 3.63) is 46.6 Å². The highest BCUT2D eigenvalue weighted by Gasteiger charge is 2.04. The van der Waals surface area contributed by atoms with Crippen molar-refractivity contribution in [2.75, 3.05) is 5.73 Å². The second-order valence-electron chi connectivity index (χ2n) is 2.87. The average Bonchev–Trinajstić information content (AvgIpc) is 2.51. The summed E-state index contributed by atoms with van der Waals surface area (Å²) in [5, 5.41) is 2.43. The second kappa shape index (κ2) is 3.02. The number of anilines is 1. The highest BCUT2D eigenvalue weighted by molar-refractivity contribution is 5.45. The van der Waals surface area contributed by atoms with Gasteiger partial charge in [-0.15, -0.1) is 0 Å². The standard InChI is InChI=1S/C9H8FN3O/c10-7-5-6(11)1-2-8(7)13-4-3-9(14)12-13/h1-5H,11H2,(H,12,14). The monoisotopic (exact) mass is 193 g/mol. The number of nitrogens with two attached hydrogens (primary N) is 1. The van der Waals surface area contributed by atoms with Gasteiger partial charge in [-0.1, -0.05) is 0 Å². The van der Waals surface area contributed by atoms with E-state index in [0.29, 0.717) is 5.69 Å². The summed E-state index contributed by atoms with van der Waals surface area (Å²) < 4.78 is 14.6. The number of nitrogen functional groups attached to an aromatic ring is 1. The molecule has 0 spiro atoms. The molecule has 0 amide bonds. The normalized spacial score (nSPS) is 10.4. The molecule has 0 unspecified atom stereocenters. The number of nitrogens with one attached hydrogen (secondary N) is 1.